The van der Waals surface area contributed by atoms with Gasteiger partial charge < -0.3 is 9.47 Å². The number of methoxy groups -OCH3 is 1. The number of H-pyrrole nitrogens is 1. The largest absolute Gasteiger partial charge is 0.497 e. The van der Waals surface area contributed by atoms with Gasteiger partial charge in [-0.15, -0.1) is 0 Å². The molecule has 0 spiro atoms. The number of nitrogens with one attached hydrogen (secondary N) is 1. The van der Waals surface area contributed by atoms with Crippen molar-refractivity contribution in [3.05, 3.63) is 58.9 Å². The molecule has 0 radical (unpaired) electrons. The highest BCUT2D eigenvalue weighted by Crippen LogP contribution is 2.23. The summed E-state index contributed by atoms with van der Waals surface area (Å²) in [4.78, 5) is 0. The van der Waals surface area contributed by atoms with Gasteiger partial charge in [0.05, 0.1) is 19.4 Å². The maximum absolute atomic E-state index is 5.75. The number of benzene rings is 2. The van der Waals surface area contributed by atoms with E-state index < -0.39 is 0 Å². The molecule has 7 heteroatoms. The van der Waals surface area contributed by atoms with Crippen LogP contribution in [0, 0.1) is 4.77 Å². The van der Waals surface area contributed by atoms with Crippen molar-refractivity contribution in [2.75, 3.05) is 7.11 Å². The van der Waals surface area contributed by atoms with E-state index in [1.165, 1.54) is 0 Å². The van der Waals surface area contributed by atoms with E-state index in [2.05, 4.69) is 15.3 Å². The number of hydrogen-bond acceptors (Lipinski definition) is 5. The molecule has 0 aliphatic heterocycles. The lowest BCUT2D eigenvalue weighted by Crippen LogP contribution is -2.05. The first-order valence-corrected chi connectivity index (χ1v) is 8.60. The van der Waals surface area contributed by atoms with Crippen LogP contribution >= 0.6 is 12.2 Å². The normalized spacial score (nSPS) is 11.2. The maximum atomic E-state index is 5.75. The Kier molecular flexibility index (Phi) is 5.48. The summed E-state index contributed by atoms with van der Waals surface area (Å²) in [6.45, 7) is 3.98. The first kappa shape index (κ1) is 17.9. The molecule has 0 aliphatic rings. The second-order valence-corrected chi connectivity index (χ2v) is 6.26. The Bertz CT molecular complexity index is 958. The monoisotopic (exact) mass is 368 g/mol. The summed E-state index contributed by atoms with van der Waals surface area (Å²) in [5, 5.41) is 11.6. The fraction of sp³-hybridized carbons (Fsp3) is 0.211. The van der Waals surface area contributed by atoms with Crippen molar-refractivity contribution >= 4 is 18.4 Å². The predicted molar refractivity (Wildman–Crippen MR) is 105 cm³/mol. The molecule has 0 saturated carbocycles. The molecular weight excluding hydrogens is 348 g/mol. The first-order chi connectivity index (χ1) is 12.6. The van der Waals surface area contributed by atoms with Crippen LogP contribution in [-0.2, 0) is 0 Å². The Hall–Kier alpha value is -2.93. The average Bonchev–Trinajstić information content (AvgIpc) is 3.01. The van der Waals surface area contributed by atoms with Crippen LogP contribution < -0.4 is 9.47 Å². The number of aromatic amines is 1. The Labute approximate surface area is 157 Å². The van der Waals surface area contributed by atoms with Gasteiger partial charge in [0.15, 0.2) is 5.82 Å². The zero-order chi connectivity index (χ0) is 18.5. The zero-order valence-electron chi connectivity index (χ0n) is 14.8. The third-order valence-corrected chi connectivity index (χ3v) is 3.82. The summed E-state index contributed by atoms with van der Waals surface area (Å²) in [6.07, 6.45) is 1.82. The minimum Gasteiger partial charge on any atom is -0.497 e. The zero-order valence-corrected chi connectivity index (χ0v) is 15.7. The van der Waals surface area contributed by atoms with Gasteiger partial charge in [0.25, 0.3) is 0 Å². The lowest BCUT2D eigenvalue weighted by molar-refractivity contribution is 0.242. The second-order valence-electron chi connectivity index (χ2n) is 5.88. The Balaban J connectivity index is 1.91. The van der Waals surface area contributed by atoms with Gasteiger partial charge >= 0.3 is 0 Å². The highest BCUT2D eigenvalue weighted by atomic mass is 32.1. The van der Waals surface area contributed by atoms with Gasteiger partial charge in [0.2, 0.25) is 4.77 Å². The van der Waals surface area contributed by atoms with Crippen LogP contribution in [0.1, 0.15) is 19.4 Å². The third-order valence-electron chi connectivity index (χ3n) is 3.55. The smallest absolute Gasteiger partial charge is 0.216 e. The van der Waals surface area contributed by atoms with E-state index in [4.69, 9.17) is 21.7 Å². The summed E-state index contributed by atoms with van der Waals surface area (Å²) in [5.41, 5.74) is 1.79. The molecule has 0 aliphatic carbocycles. The van der Waals surface area contributed by atoms with Crippen LogP contribution in [0.3, 0.4) is 0 Å². The topological polar surface area (TPSA) is 64.4 Å². The van der Waals surface area contributed by atoms with Gasteiger partial charge in [-0.25, -0.2) is 5.10 Å². The standard InChI is InChI=1S/C19H20N4O2S/c1-13(2)25-17-6-4-5-15(11-17)18-21-22-19(26)23(18)20-12-14-7-9-16(24-3)10-8-14/h4-13H,1-3H3,(H,22,26). The SMILES string of the molecule is COc1ccc(C=Nn2c(-c3cccc(OC(C)C)c3)n[nH]c2=S)cc1. The molecule has 0 unspecified atom stereocenters. The molecule has 3 rings (SSSR count). The summed E-state index contributed by atoms with van der Waals surface area (Å²) in [7, 11) is 1.64. The van der Waals surface area contributed by atoms with Crippen molar-refractivity contribution in [2.45, 2.75) is 20.0 Å². The molecule has 1 heterocycles. The fourth-order valence-corrected chi connectivity index (χ4v) is 2.56. The van der Waals surface area contributed by atoms with E-state index in [1.807, 2.05) is 62.4 Å². The molecule has 26 heavy (non-hydrogen) atoms. The van der Waals surface area contributed by atoms with Gasteiger partial charge in [0.1, 0.15) is 11.5 Å². The second kappa shape index (κ2) is 7.97. The van der Waals surface area contributed by atoms with Crippen molar-refractivity contribution in [3.8, 4) is 22.9 Å². The molecule has 6 nitrogen and oxygen atoms in total. The molecule has 0 amide bonds. The summed E-state index contributed by atoms with van der Waals surface area (Å²) >= 11 is 5.31. The fourth-order valence-electron chi connectivity index (χ4n) is 2.38. The van der Waals surface area contributed by atoms with E-state index >= 15 is 0 Å². The summed E-state index contributed by atoms with van der Waals surface area (Å²) in [6, 6.07) is 15.3. The quantitative estimate of drug-likeness (QED) is 0.521. The number of aromatic nitrogens is 3. The van der Waals surface area contributed by atoms with E-state index in [1.54, 1.807) is 18.0 Å². The van der Waals surface area contributed by atoms with E-state index in [0.717, 1.165) is 22.6 Å². The van der Waals surface area contributed by atoms with Crippen molar-refractivity contribution in [1.82, 2.24) is 14.9 Å². The van der Waals surface area contributed by atoms with Crippen molar-refractivity contribution < 1.29 is 9.47 Å². The molecule has 1 N–H and O–H groups in total. The third kappa shape index (κ3) is 4.18. The van der Waals surface area contributed by atoms with Crippen LogP contribution in [0.2, 0.25) is 0 Å². The predicted octanol–water partition coefficient (Wildman–Crippen LogP) is 4.29. The van der Waals surface area contributed by atoms with Crippen LogP contribution in [0.4, 0.5) is 0 Å². The van der Waals surface area contributed by atoms with Crippen LogP contribution in [0.15, 0.2) is 53.6 Å². The minimum atomic E-state index is 0.0964. The average molecular weight is 368 g/mol. The molecule has 0 fully saturated rings. The molecule has 2 aromatic carbocycles. The Morgan fingerprint density at radius 1 is 1.15 bits per heavy atom. The molecule has 0 bridgehead atoms. The van der Waals surface area contributed by atoms with E-state index in [9.17, 15) is 0 Å². The molecule has 1 aromatic heterocycles. The highest BCUT2D eigenvalue weighted by molar-refractivity contribution is 7.71. The Morgan fingerprint density at radius 2 is 1.92 bits per heavy atom. The minimum absolute atomic E-state index is 0.0964. The van der Waals surface area contributed by atoms with Crippen molar-refractivity contribution in [3.63, 3.8) is 0 Å². The molecule has 0 saturated heterocycles. The maximum Gasteiger partial charge on any atom is 0.216 e. The van der Waals surface area contributed by atoms with E-state index in [-0.39, 0.29) is 6.10 Å². The summed E-state index contributed by atoms with van der Waals surface area (Å²) in [5.74, 6) is 2.19. The summed E-state index contributed by atoms with van der Waals surface area (Å²) < 4.78 is 12.9. The first-order valence-electron chi connectivity index (χ1n) is 8.20. The molecule has 3 aromatic rings. The molecular formula is C19H20N4O2S. The lowest BCUT2D eigenvalue weighted by atomic mass is 10.2. The van der Waals surface area contributed by atoms with Gasteiger partial charge in [-0.1, -0.05) is 12.1 Å². The van der Waals surface area contributed by atoms with E-state index in [0.29, 0.717) is 10.6 Å². The number of hydrogen-bond donors (Lipinski definition) is 1. The van der Waals surface area contributed by atoms with Gasteiger partial charge in [-0.05, 0) is 68.0 Å². The Morgan fingerprint density at radius 3 is 2.62 bits per heavy atom. The van der Waals surface area contributed by atoms with Gasteiger partial charge in [-0.2, -0.15) is 14.9 Å². The molecule has 0 atom stereocenters. The molecule has 134 valence electrons. The van der Waals surface area contributed by atoms with Gasteiger partial charge in [0, 0.05) is 5.56 Å². The van der Waals surface area contributed by atoms with Crippen LogP contribution in [0.25, 0.3) is 11.4 Å². The number of nitrogens with zero attached hydrogens (tertiary/aromatic N) is 3. The van der Waals surface area contributed by atoms with Crippen molar-refractivity contribution in [1.29, 1.82) is 0 Å². The van der Waals surface area contributed by atoms with Crippen LogP contribution in [0.5, 0.6) is 11.5 Å². The van der Waals surface area contributed by atoms with Crippen LogP contribution in [-0.4, -0.2) is 34.3 Å². The van der Waals surface area contributed by atoms with Gasteiger partial charge in [-0.3, -0.25) is 0 Å². The number of rotatable bonds is 6. The highest BCUT2D eigenvalue weighted by Gasteiger charge is 2.09. The number of ether oxygens (including phenoxy) is 2. The van der Waals surface area contributed by atoms with Crippen molar-refractivity contribution in [2.24, 2.45) is 5.10 Å². The lowest BCUT2D eigenvalue weighted by Gasteiger charge is -2.10.